The van der Waals surface area contributed by atoms with Crippen molar-refractivity contribution in [1.82, 2.24) is 4.57 Å². The quantitative estimate of drug-likeness (QED) is 0.430. The molecule has 0 spiro atoms. The number of nitrogens with zero attached hydrogens (tertiary/aromatic N) is 1. The Morgan fingerprint density at radius 2 is 1.93 bits per heavy atom. The number of benzene rings is 2. The first kappa shape index (κ1) is 19.6. The van der Waals surface area contributed by atoms with E-state index >= 15 is 0 Å². The second kappa shape index (κ2) is 7.97. The van der Waals surface area contributed by atoms with E-state index in [1.807, 2.05) is 25.1 Å². The molecule has 0 amide bonds. The van der Waals surface area contributed by atoms with Gasteiger partial charge in [0.25, 0.3) is 5.56 Å². The lowest BCUT2D eigenvalue weighted by atomic mass is 10.1. The Labute approximate surface area is 175 Å². The highest BCUT2D eigenvalue weighted by Crippen LogP contribution is 2.37. The van der Waals surface area contributed by atoms with Crippen LogP contribution in [-0.4, -0.2) is 9.67 Å². The van der Waals surface area contributed by atoms with E-state index in [4.69, 9.17) is 16.0 Å². The van der Waals surface area contributed by atoms with Crippen LogP contribution in [0.1, 0.15) is 19.8 Å². The third-order valence-corrected chi connectivity index (χ3v) is 6.00. The van der Waals surface area contributed by atoms with Gasteiger partial charge in [-0.1, -0.05) is 54.9 Å². The smallest absolute Gasteiger partial charge is 0.354 e. The van der Waals surface area contributed by atoms with Gasteiger partial charge in [-0.25, -0.2) is 4.79 Å². The van der Waals surface area contributed by atoms with Gasteiger partial charge in [0.05, 0.1) is 5.52 Å². The van der Waals surface area contributed by atoms with Crippen molar-refractivity contribution < 1.29 is 9.52 Å². The lowest BCUT2D eigenvalue weighted by Crippen LogP contribution is -2.22. The first-order valence-corrected chi connectivity index (χ1v) is 10.5. The van der Waals surface area contributed by atoms with E-state index in [1.54, 1.807) is 34.9 Å². The van der Waals surface area contributed by atoms with Crippen LogP contribution in [0.5, 0.6) is 5.75 Å². The largest absolute Gasteiger partial charge is 0.505 e. The van der Waals surface area contributed by atoms with E-state index in [1.165, 1.54) is 0 Å². The Morgan fingerprint density at radius 1 is 1.14 bits per heavy atom. The molecule has 0 aliphatic carbocycles. The molecule has 4 rings (SSSR count). The predicted molar refractivity (Wildman–Crippen MR) is 116 cm³/mol. The van der Waals surface area contributed by atoms with Crippen LogP contribution in [0.15, 0.2) is 72.3 Å². The minimum atomic E-state index is -0.698. The van der Waals surface area contributed by atoms with Crippen LogP contribution < -0.4 is 11.2 Å². The van der Waals surface area contributed by atoms with Gasteiger partial charge < -0.3 is 14.1 Å². The molecule has 0 unspecified atom stereocenters. The number of hydrogen-bond donors (Lipinski definition) is 1. The topological polar surface area (TPSA) is 72.4 Å². The molecule has 0 saturated carbocycles. The zero-order valence-corrected chi connectivity index (χ0v) is 17.2. The van der Waals surface area contributed by atoms with Gasteiger partial charge >= 0.3 is 5.63 Å². The van der Waals surface area contributed by atoms with Gasteiger partial charge in [0.2, 0.25) is 0 Å². The van der Waals surface area contributed by atoms with Crippen molar-refractivity contribution in [2.75, 3.05) is 0 Å². The Bertz CT molecular complexity index is 1340. The third-order valence-electron chi connectivity index (χ3n) is 4.71. The predicted octanol–water partition coefficient (Wildman–Crippen LogP) is 5.42. The molecule has 29 heavy (non-hydrogen) atoms. The Morgan fingerprint density at radius 3 is 2.69 bits per heavy atom. The number of aromatic nitrogens is 1. The minimum Gasteiger partial charge on any atom is -0.505 e. The van der Waals surface area contributed by atoms with Gasteiger partial charge in [-0.05, 0) is 36.8 Å². The van der Waals surface area contributed by atoms with Crippen LogP contribution in [0, 0.1) is 0 Å². The summed E-state index contributed by atoms with van der Waals surface area (Å²) in [5.41, 5.74) is -0.287. The SMILES string of the molecule is CCCCn1c(=O)c2c(O)c(Sc3cccc(Cl)c3)c(=O)oc2c2ccccc21. The maximum atomic E-state index is 13.2. The molecule has 2 aromatic heterocycles. The number of unbranched alkanes of at least 4 members (excludes halogenated alkanes) is 1. The lowest BCUT2D eigenvalue weighted by molar-refractivity contribution is 0.446. The van der Waals surface area contributed by atoms with E-state index in [2.05, 4.69) is 0 Å². The van der Waals surface area contributed by atoms with Crippen molar-refractivity contribution in [2.45, 2.75) is 36.1 Å². The zero-order chi connectivity index (χ0) is 20.5. The number of hydrogen-bond acceptors (Lipinski definition) is 5. The summed E-state index contributed by atoms with van der Waals surface area (Å²) in [7, 11) is 0. The van der Waals surface area contributed by atoms with Crippen molar-refractivity contribution in [3.8, 4) is 5.75 Å². The molecule has 0 aliphatic rings. The van der Waals surface area contributed by atoms with Gasteiger partial charge in [-0.2, -0.15) is 0 Å². The van der Waals surface area contributed by atoms with E-state index in [0.717, 1.165) is 24.6 Å². The summed E-state index contributed by atoms with van der Waals surface area (Å²) in [6, 6.07) is 14.1. The fraction of sp³-hybridized carbons (Fsp3) is 0.182. The molecule has 4 aromatic rings. The summed E-state index contributed by atoms with van der Waals surface area (Å²) in [5, 5.41) is 12.1. The first-order valence-electron chi connectivity index (χ1n) is 9.26. The fourth-order valence-electron chi connectivity index (χ4n) is 3.32. The summed E-state index contributed by atoms with van der Waals surface area (Å²) in [6.07, 6.45) is 1.74. The van der Waals surface area contributed by atoms with Crippen LogP contribution in [-0.2, 0) is 6.54 Å². The minimum absolute atomic E-state index is 0.0175. The second-order valence-corrected chi connectivity index (χ2v) is 8.18. The third kappa shape index (κ3) is 3.54. The highest BCUT2D eigenvalue weighted by Gasteiger charge is 2.22. The highest BCUT2D eigenvalue weighted by molar-refractivity contribution is 7.99. The summed E-state index contributed by atoms with van der Waals surface area (Å²) in [5.74, 6) is -0.359. The second-order valence-electron chi connectivity index (χ2n) is 6.66. The summed E-state index contributed by atoms with van der Waals surface area (Å²) in [6.45, 7) is 2.56. The summed E-state index contributed by atoms with van der Waals surface area (Å²) in [4.78, 5) is 26.5. The Balaban J connectivity index is 2.02. The number of para-hydroxylation sites is 1. The number of pyridine rings is 1. The van der Waals surface area contributed by atoms with Crippen molar-refractivity contribution in [3.63, 3.8) is 0 Å². The van der Waals surface area contributed by atoms with Gasteiger partial charge in [-0.3, -0.25) is 4.79 Å². The molecular weight excluding hydrogens is 410 g/mol. The number of rotatable bonds is 5. The Kier molecular flexibility index (Phi) is 5.39. The van der Waals surface area contributed by atoms with Gasteiger partial charge in [0, 0.05) is 21.8 Å². The molecule has 5 nitrogen and oxygen atoms in total. The molecular formula is C22H18ClNO4S. The lowest BCUT2D eigenvalue weighted by Gasteiger charge is -2.13. The molecule has 7 heteroatoms. The van der Waals surface area contributed by atoms with Gasteiger partial charge in [-0.15, -0.1) is 0 Å². The van der Waals surface area contributed by atoms with Gasteiger partial charge in [0.1, 0.15) is 10.3 Å². The highest BCUT2D eigenvalue weighted by atomic mass is 35.5. The van der Waals surface area contributed by atoms with Crippen LogP contribution in [0.3, 0.4) is 0 Å². The molecule has 148 valence electrons. The van der Waals surface area contributed by atoms with Crippen molar-refractivity contribution in [3.05, 3.63) is 74.3 Å². The van der Waals surface area contributed by atoms with E-state index in [0.29, 0.717) is 27.4 Å². The molecule has 0 saturated heterocycles. The summed E-state index contributed by atoms with van der Waals surface area (Å²) < 4.78 is 7.18. The first-order chi connectivity index (χ1) is 14.0. The Hall–Kier alpha value is -2.70. The maximum absolute atomic E-state index is 13.2. The molecule has 2 aromatic carbocycles. The van der Waals surface area contributed by atoms with E-state index < -0.39 is 5.63 Å². The number of fused-ring (bicyclic) bond motifs is 3. The van der Waals surface area contributed by atoms with Crippen molar-refractivity contribution >= 4 is 45.2 Å². The number of aromatic hydroxyl groups is 1. The average Bonchev–Trinajstić information content (AvgIpc) is 2.71. The van der Waals surface area contributed by atoms with Crippen LogP contribution in [0.25, 0.3) is 21.9 Å². The maximum Gasteiger partial charge on any atom is 0.354 e. The van der Waals surface area contributed by atoms with Crippen LogP contribution in [0.2, 0.25) is 5.02 Å². The number of aryl methyl sites for hydroxylation is 1. The van der Waals surface area contributed by atoms with Crippen molar-refractivity contribution in [1.29, 1.82) is 0 Å². The molecule has 0 atom stereocenters. The van der Waals surface area contributed by atoms with Crippen LogP contribution >= 0.6 is 23.4 Å². The zero-order valence-electron chi connectivity index (χ0n) is 15.6. The fourth-order valence-corrected chi connectivity index (χ4v) is 4.46. The normalized spacial score (nSPS) is 11.4. The summed E-state index contributed by atoms with van der Waals surface area (Å²) >= 11 is 7.03. The van der Waals surface area contributed by atoms with Crippen LogP contribution in [0.4, 0.5) is 0 Å². The monoisotopic (exact) mass is 427 g/mol. The average molecular weight is 428 g/mol. The molecule has 1 N–H and O–H groups in total. The molecule has 0 bridgehead atoms. The molecule has 0 radical (unpaired) electrons. The standard InChI is InChI=1S/C22H18ClNO4S/c1-2-3-11-24-16-10-5-4-9-15(16)19-17(21(24)26)18(25)20(22(27)28-19)29-14-8-6-7-13(23)12-14/h4-10,12,25H,2-3,11H2,1H3. The van der Waals surface area contributed by atoms with E-state index in [9.17, 15) is 14.7 Å². The van der Waals surface area contributed by atoms with E-state index in [-0.39, 0.29) is 27.2 Å². The van der Waals surface area contributed by atoms with Gasteiger partial charge in [0.15, 0.2) is 11.3 Å². The molecule has 0 aliphatic heterocycles. The molecule has 2 heterocycles. The van der Waals surface area contributed by atoms with Crippen molar-refractivity contribution in [2.24, 2.45) is 0 Å². The number of halogens is 1. The molecule has 0 fully saturated rings.